The minimum atomic E-state index is -0.278. The van der Waals surface area contributed by atoms with Crippen LogP contribution >= 0.6 is 15.9 Å². The molecule has 0 bridgehead atoms. The van der Waals surface area contributed by atoms with E-state index in [1.54, 1.807) is 0 Å². The molecule has 0 radical (unpaired) electrons. The molecule has 3 rings (SSSR count). The zero-order valence-corrected chi connectivity index (χ0v) is 21.0. The molecule has 0 N–H and O–H groups in total. The number of piperidine rings is 1. The number of carbonyl (C=O) groups is 1. The first kappa shape index (κ1) is 25.3. The van der Waals surface area contributed by atoms with Crippen molar-refractivity contribution >= 4 is 28.0 Å². The van der Waals surface area contributed by atoms with E-state index in [-0.39, 0.29) is 5.97 Å². The molecular formula is C26H35BrN2O2. The third kappa shape index (κ3) is 7.01. The van der Waals surface area contributed by atoms with Crippen molar-refractivity contribution in [1.29, 1.82) is 0 Å². The molecule has 1 aliphatic heterocycles. The van der Waals surface area contributed by atoms with Gasteiger partial charge in [-0.15, -0.1) is 0 Å². The van der Waals surface area contributed by atoms with E-state index in [1.807, 2.05) is 38.2 Å². The van der Waals surface area contributed by atoms with E-state index in [1.165, 1.54) is 23.8 Å². The smallest absolute Gasteiger partial charge is 0.337 e. The average Bonchev–Trinajstić information content (AvgIpc) is 2.81. The van der Waals surface area contributed by atoms with Crippen molar-refractivity contribution in [2.24, 2.45) is 0 Å². The number of likely N-dealkylation sites (tertiary alicyclic amines) is 1. The molecule has 1 saturated heterocycles. The molecule has 0 aliphatic carbocycles. The molecule has 0 saturated carbocycles. The number of halogens is 1. The minimum absolute atomic E-state index is 0.278. The van der Waals surface area contributed by atoms with Crippen LogP contribution in [0.5, 0.6) is 0 Å². The third-order valence-electron chi connectivity index (χ3n) is 5.61. The van der Waals surface area contributed by atoms with Gasteiger partial charge in [0.1, 0.15) is 0 Å². The molecule has 0 atom stereocenters. The lowest BCUT2D eigenvalue weighted by Crippen LogP contribution is -2.34. The summed E-state index contributed by atoms with van der Waals surface area (Å²) in [6.45, 7) is 11.5. The molecule has 0 spiro atoms. The predicted molar refractivity (Wildman–Crippen MR) is 133 cm³/mol. The highest BCUT2D eigenvalue weighted by atomic mass is 79.9. The van der Waals surface area contributed by atoms with E-state index in [4.69, 9.17) is 4.74 Å². The number of aryl methyl sites for hydroxylation is 1. The summed E-state index contributed by atoms with van der Waals surface area (Å²) in [4.78, 5) is 18.6. The number of methoxy groups -OCH3 is 1. The second-order valence-electron chi connectivity index (χ2n) is 7.66. The molecule has 1 fully saturated rings. The Balaban J connectivity index is 0.00000166. The molecular weight excluding hydrogens is 452 g/mol. The number of pyridine rings is 1. The first-order valence-electron chi connectivity index (χ1n) is 11.2. The van der Waals surface area contributed by atoms with Crippen LogP contribution in [0.25, 0.3) is 6.08 Å². The van der Waals surface area contributed by atoms with Gasteiger partial charge in [0.15, 0.2) is 0 Å². The summed E-state index contributed by atoms with van der Waals surface area (Å²) in [5.41, 5.74) is 5.62. The Morgan fingerprint density at radius 1 is 1.19 bits per heavy atom. The van der Waals surface area contributed by atoms with Gasteiger partial charge in [0, 0.05) is 28.5 Å². The Labute approximate surface area is 195 Å². The Bertz CT molecular complexity index is 869. The Morgan fingerprint density at radius 2 is 1.84 bits per heavy atom. The topological polar surface area (TPSA) is 42.4 Å². The molecule has 31 heavy (non-hydrogen) atoms. The quantitative estimate of drug-likeness (QED) is 0.436. The lowest BCUT2D eigenvalue weighted by Gasteiger charge is -2.32. The van der Waals surface area contributed by atoms with Gasteiger partial charge < -0.3 is 4.74 Å². The number of benzene rings is 1. The lowest BCUT2D eigenvalue weighted by atomic mass is 9.89. The van der Waals surface area contributed by atoms with Crippen LogP contribution in [0.1, 0.15) is 73.6 Å². The van der Waals surface area contributed by atoms with Gasteiger partial charge in [0.2, 0.25) is 0 Å². The maximum Gasteiger partial charge on any atom is 0.337 e. The number of esters is 1. The van der Waals surface area contributed by atoms with Crippen molar-refractivity contribution in [1.82, 2.24) is 9.88 Å². The molecule has 0 unspecified atom stereocenters. The van der Waals surface area contributed by atoms with Crippen molar-refractivity contribution in [2.75, 3.05) is 26.7 Å². The van der Waals surface area contributed by atoms with Gasteiger partial charge in [-0.2, -0.15) is 0 Å². The zero-order chi connectivity index (χ0) is 22.8. The van der Waals surface area contributed by atoms with Crippen molar-refractivity contribution in [3.63, 3.8) is 0 Å². The van der Waals surface area contributed by atoms with Crippen LogP contribution in [-0.4, -0.2) is 42.6 Å². The summed E-state index contributed by atoms with van der Waals surface area (Å²) in [5.74, 6) is 0.279. The van der Waals surface area contributed by atoms with E-state index in [0.29, 0.717) is 11.5 Å². The van der Waals surface area contributed by atoms with Crippen LogP contribution in [0.2, 0.25) is 0 Å². The van der Waals surface area contributed by atoms with E-state index >= 15 is 0 Å². The number of hydrogen-bond acceptors (Lipinski definition) is 4. The van der Waals surface area contributed by atoms with Gasteiger partial charge in [0.05, 0.1) is 12.7 Å². The first-order chi connectivity index (χ1) is 15.0. The fourth-order valence-corrected chi connectivity index (χ4v) is 4.46. The van der Waals surface area contributed by atoms with Crippen molar-refractivity contribution in [2.45, 2.75) is 52.9 Å². The molecule has 2 heterocycles. The number of ether oxygens (including phenoxy) is 1. The summed E-state index contributed by atoms with van der Waals surface area (Å²) >= 11 is 3.67. The molecule has 1 aromatic heterocycles. The second kappa shape index (κ2) is 12.8. The highest BCUT2D eigenvalue weighted by Gasteiger charge is 2.21. The summed E-state index contributed by atoms with van der Waals surface area (Å²) < 4.78 is 5.89. The molecule has 1 aromatic carbocycles. The van der Waals surface area contributed by atoms with Crippen molar-refractivity contribution in [3.8, 4) is 0 Å². The molecule has 5 heteroatoms. The fourth-order valence-electron chi connectivity index (χ4n) is 4.00. The van der Waals surface area contributed by atoms with Crippen LogP contribution in [0, 0.1) is 0 Å². The molecule has 2 aromatic rings. The predicted octanol–water partition coefficient (Wildman–Crippen LogP) is 6.50. The summed E-state index contributed by atoms with van der Waals surface area (Å²) in [6, 6.07) is 9.90. The lowest BCUT2D eigenvalue weighted by molar-refractivity contribution is 0.0600. The second-order valence-corrected chi connectivity index (χ2v) is 8.52. The van der Waals surface area contributed by atoms with E-state index < -0.39 is 0 Å². The van der Waals surface area contributed by atoms with Gasteiger partial charge in [-0.25, -0.2) is 4.79 Å². The van der Waals surface area contributed by atoms with Crippen LogP contribution < -0.4 is 0 Å². The Morgan fingerprint density at radius 3 is 2.42 bits per heavy atom. The van der Waals surface area contributed by atoms with E-state index in [0.717, 1.165) is 49.1 Å². The number of rotatable bonds is 6. The van der Waals surface area contributed by atoms with E-state index in [9.17, 15) is 4.79 Å². The molecule has 4 nitrogen and oxygen atoms in total. The van der Waals surface area contributed by atoms with Gasteiger partial charge in [0.25, 0.3) is 0 Å². The highest BCUT2D eigenvalue weighted by Crippen LogP contribution is 2.29. The standard InChI is InChI=1S/C24H29BrN2O2.C2H6/c1-4-23-21(22(25)9-12-26-23)15-17(2)16-27-13-10-19(11-14-27)18-5-7-20(8-6-18)24(28)29-3;1-2/h5-9,12,15,19H,4,10-11,13-14,16H2,1-3H3;1-2H3/b17-15+;. The van der Waals surface area contributed by atoms with Gasteiger partial charge in [-0.05, 0) is 69.0 Å². The zero-order valence-electron chi connectivity index (χ0n) is 19.5. The maximum absolute atomic E-state index is 11.6. The number of aromatic nitrogens is 1. The van der Waals surface area contributed by atoms with Crippen LogP contribution in [-0.2, 0) is 11.2 Å². The Hall–Kier alpha value is -1.98. The molecule has 0 amide bonds. The highest BCUT2D eigenvalue weighted by molar-refractivity contribution is 9.10. The van der Waals surface area contributed by atoms with Gasteiger partial charge in [-0.3, -0.25) is 9.88 Å². The molecule has 168 valence electrons. The number of nitrogens with zero attached hydrogens (tertiary/aromatic N) is 2. The fraction of sp³-hybridized carbons (Fsp3) is 0.462. The van der Waals surface area contributed by atoms with Gasteiger partial charge >= 0.3 is 5.97 Å². The summed E-state index contributed by atoms with van der Waals surface area (Å²) in [7, 11) is 1.42. The third-order valence-corrected chi connectivity index (χ3v) is 6.30. The van der Waals surface area contributed by atoms with Crippen molar-refractivity contribution in [3.05, 3.63) is 69.0 Å². The summed E-state index contributed by atoms with van der Waals surface area (Å²) in [5, 5.41) is 0. The average molecular weight is 487 g/mol. The normalized spacial score (nSPS) is 15.2. The monoisotopic (exact) mass is 486 g/mol. The largest absolute Gasteiger partial charge is 0.465 e. The number of hydrogen-bond donors (Lipinski definition) is 0. The van der Waals surface area contributed by atoms with Crippen LogP contribution in [0.3, 0.4) is 0 Å². The van der Waals surface area contributed by atoms with Crippen LogP contribution in [0.15, 0.2) is 46.6 Å². The number of carbonyl (C=O) groups excluding carboxylic acids is 1. The maximum atomic E-state index is 11.6. The summed E-state index contributed by atoms with van der Waals surface area (Å²) in [6.07, 6.45) is 7.34. The first-order valence-corrected chi connectivity index (χ1v) is 12.0. The molecule has 1 aliphatic rings. The minimum Gasteiger partial charge on any atom is -0.465 e. The van der Waals surface area contributed by atoms with Crippen molar-refractivity contribution < 1.29 is 9.53 Å². The van der Waals surface area contributed by atoms with E-state index in [2.05, 4.69) is 57.9 Å². The van der Waals surface area contributed by atoms with Gasteiger partial charge in [-0.1, -0.05) is 60.5 Å². The van der Waals surface area contributed by atoms with Crippen LogP contribution in [0.4, 0.5) is 0 Å². The SMILES string of the molecule is CC.CCc1nccc(Br)c1/C=C(\C)CN1CCC(c2ccc(C(=O)OC)cc2)CC1. The Kier molecular flexibility index (Phi) is 10.4.